The third kappa shape index (κ3) is 6.30. The van der Waals surface area contributed by atoms with Crippen LogP contribution in [-0.4, -0.2) is 61.1 Å². The molecule has 0 fully saturated rings. The number of methoxy groups -OCH3 is 1. The zero-order valence-electron chi connectivity index (χ0n) is 21.8. The Morgan fingerprint density at radius 1 is 1.05 bits per heavy atom. The number of hydrogen-bond acceptors (Lipinski definition) is 6. The molecular formula is C27H35N3O6S. The number of benzene rings is 2. The molecule has 1 aliphatic heterocycles. The van der Waals surface area contributed by atoms with Gasteiger partial charge in [-0.25, -0.2) is 12.7 Å². The van der Waals surface area contributed by atoms with Crippen molar-refractivity contribution < 1.29 is 27.5 Å². The zero-order chi connectivity index (χ0) is 27.2. The van der Waals surface area contributed by atoms with Crippen molar-refractivity contribution >= 4 is 27.7 Å². The van der Waals surface area contributed by atoms with Gasteiger partial charge in [0.2, 0.25) is 11.8 Å². The van der Waals surface area contributed by atoms with Crippen molar-refractivity contribution in [2.75, 3.05) is 13.7 Å². The molecule has 1 heterocycles. The van der Waals surface area contributed by atoms with Gasteiger partial charge in [-0.2, -0.15) is 0 Å². The van der Waals surface area contributed by atoms with Crippen molar-refractivity contribution in [1.29, 1.82) is 0 Å². The summed E-state index contributed by atoms with van der Waals surface area (Å²) < 4.78 is 31.7. The highest BCUT2D eigenvalue weighted by atomic mass is 32.2. The van der Waals surface area contributed by atoms with Crippen molar-refractivity contribution in [1.82, 2.24) is 14.5 Å². The van der Waals surface area contributed by atoms with Crippen molar-refractivity contribution in [3.05, 3.63) is 59.7 Å². The summed E-state index contributed by atoms with van der Waals surface area (Å²) in [5.41, 5.74) is 0.972. The predicted octanol–water partition coefficient (Wildman–Crippen LogP) is 3.34. The van der Waals surface area contributed by atoms with Gasteiger partial charge in [0.25, 0.3) is 15.9 Å². The lowest BCUT2D eigenvalue weighted by molar-refractivity contribution is -0.141. The Balaban J connectivity index is 1.75. The normalized spacial score (nSPS) is 15.6. The fraction of sp³-hybridized carbons (Fsp3) is 0.444. The summed E-state index contributed by atoms with van der Waals surface area (Å²) in [6.07, 6.45) is 1.30. The van der Waals surface area contributed by atoms with Crippen molar-refractivity contribution in [2.24, 2.45) is 0 Å². The maximum atomic E-state index is 13.4. The molecular weight excluding hydrogens is 494 g/mol. The molecule has 1 N–H and O–H groups in total. The second-order valence-corrected chi connectivity index (χ2v) is 10.9. The average molecular weight is 530 g/mol. The van der Waals surface area contributed by atoms with E-state index in [-0.39, 0.29) is 54.2 Å². The standard InChI is InChI=1S/C27H35N3O6S/c1-5-19(3)28-26(32)23(6-2)29(18-20-13-15-21(36-4)16-14-20)25(31)12-9-17-30-27(33)22-10-7-8-11-24(22)37(30,34)35/h7-8,10-11,13-16,19,23H,5-6,9,12,17-18H2,1-4H3,(H,28,32)/t19-,23-/m0/s1. The van der Waals surface area contributed by atoms with Gasteiger partial charge in [0.05, 0.1) is 12.7 Å². The lowest BCUT2D eigenvalue weighted by Crippen LogP contribution is -2.50. The highest BCUT2D eigenvalue weighted by molar-refractivity contribution is 7.90. The molecule has 0 aliphatic carbocycles. The number of sulfonamides is 1. The van der Waals surface area contributed by atoms with E-state index in [0.717, 1.165) is 16.3 Å². The van der Waals surface area contributed by atoms with Crippen molar-refractivity contribution in [2.45, 2.75) is 70.0 Å². The lowest BCUT2D eigenvalue weighted by atomic mass is 10.1. The van der Waals surface area contributed by atoms with E-state index in [1.807, 2.05) is 32.9 Å². The van der Waals surface area contributed by atoms with Crippen LogP contribution in [0.5, 0.6) is 5.75 Å². The molecule has 2 aromatic rings. The van der Waals surface area contributed by atoms with Crippen LogP contribution in [0.3, 0.4) is 0 Å². The number of nitrogens with one attached hydrogen (secondary N) is 1. The number of hydrogen-bond donors (Lipinski definition) is 1. The summed E-state index contributed by atoms with van der Waals surface area (Å²) in [7, 11) is -2.37. The minimum atomic E-state index is -3.94. The van der Waals surface area contributed by atoms with Crippen LogP contribution in [0.25, 0.3) is 0 Å². The Labute approximate surface area is 218 Å². The molecule has 37 heavy (non-hydrogen) atoms. The van der Waals surface area contributed by atoms with Crippen LogP contribution in [0.2, 0.25) is 0 Å². The molecule has 0 aromatic heterocycles. The fourth-order valence-electron chi connectivity index (χ4n) is 4.26. The minimum Gasteiger partial charge on any atom is -0.497 e. The minimum absolute atomic E-state index is 0.0137. The Kier molecular flexibility index (Phi) is 9.31. The van der Waals surface area contributed by atoms with E-state index in [2.05, 4.69) is 5.32 Å². The van der Waals surface area contributed by atoms with E-state index in [4.69, 9.17) is 4.74 Å². The van der Waals surface area contributed by atoms with Gasteiger partial charge in [-0.1, -0.05) is 38.1 Å². The van der Waals surface area contributed by atoms with Crippen LogP contribution in [0, 0.1) is 0 Å². The van der Waals surface area contributed by atoms with E-state index >= 15 is 0 Å². The first-order chi connectivity index (χ1) is 17.6. The van der Waals surface area contributed by atoms with Gasteiger partial charge in [-0.15, -0.1) is 0 Å². The van der Waals surface area contributed by atoms with Gasteiger partial charge in [0.15, 0.2) is 0 Å². The Morgan fingerprint density at radius 2 is 1.73 bits per heavy atom. The molecule has 10 heteroatoms. The Bertz CT molecular complexity index is 1230. The molecule has 3 rings (SSSR count). The van der Waals surface area contributed by atoms with E-state index in [1.54, 1.807) is 31.4 Å². The highest BCUT2D eigenvalue weighted by Gasteiger charge is 2.40. The largest absolute Gasteiger partial charge is 0.497 e. The molecule has 3 amide bonds. The van der Waals surface area contributed by atoms with Gasteiger partial charge < -0.3 is 15.0 Å². The van der Waals surface area contributed by atoms with Crippen LogP contribution >= 0.6 is 0 Å². The molecule has 0 bridgehead atoms. The summed E-state index contributed by atoms with van der Waals surface area (Å²) in [6.45, 7) is 5.82. The van der Waals surface area contributed by atoms with E-state index in [9.17, 15) is 22.8 Å². The van der Waals surface area contributed by atoms with Gasteiger partial charge in [-0.3, -0.25) is 14.4 Å². The number of carbonyl (C=O) groups is 3. The molecule has 0 spiro atoms. The van der Waals surface area contributed by atoms with Crippen LogP contribution in [0.15, 0.2) is 53.4 Å². The van der Waals surface area contributed by atoms with Gasteiger partial charge in [0.1, 0.15) is 16.7 Å². The molecule has 200 valence electrons. The van der Waals surface area contributed by atoms with Crippen LogP contribution in [-0.2, 0) is 26.2 Å². The predicted molar refractivity (Wildman–Crippen MR) is 139 cm³/mol. The number of ether oxygens (including phenoxy) is 1. The Morgan fingerprint density at radius 3 is 2.32 bits per heavy atom. The molecule has 0 saturated heterocycles. The molecule has 2 atom stereocenters. The third-order valence-corrected chi connectivity index (χ3v) is 8.40. The highest BCUT2D eigenvalue weighted by Crippen LogP contribution is 2.30. The fourth-order valence-corrected chi connectivity index (χ4v) is 5.87. The Hall–Kier alpha value is -3.40. The SMILES string of the molecule is CC[C@H](C)NC(=O)[C@H](CC)N(Cc1ccc(OC)cc1)C(=O)CCCN1C(=O)c2ccccc2S1(=O)=O. The number of nitrogens with zero attached hydrogens (tertiary/aromatic N) is 2. The number of amides is 3. The smallest absolute Gasteiger partial charge is 0.269 e. The lowest BCUT2D eigenvalue weighted by Gasteiger charge is -2.31. The van der Waals surface area contributed by atoms with E-state index < -0.39 is 22.0 Å². The topological polar surface area (TPSA) is 113 Å². The van der Waals surface area contributed by atoms with Crippen LogP contribution in [0.4, 0.5) is 0 Å². The summed E-state index contributed by atoms with van der Waals surface area (Å²) in [5, 5.41) is 2.96. The molecule has 2 aromatic carbocycles. The first-order valence-electron chi connectivity index (χ1n) is 12.5. The average Bonchev–Trinajstić information content (AvgIpc) is 3.09. The maximum absolute atomic E-state index is 13.4. The van der Waals surface area contributed by atoms with Gasteiger partial charge >= 0.3 is 0 Å². The first kappa shape index (κ1) is 28.2. The molecule has 0 radical (unpaired) electrons. The second-order valence-electron chi connectivity index (χ2n) is 9.09. The zero-order valence-corrected chi connectivity index (χ0v) is 22.6. The van der Waals surface area contributed by atoms with E-state index in [1.165, 1.54) is 17.0 Å². The number of fused-ring (bicyclic) bond motifs is 1. The summed E-state index contributed by atoms with van der Waals surface area (Å²) >= 11 is 0. The van der Waals surface area contributed by atoms with Crippen molar-refractivity contribution in [3.8, 4) is 5.75 Å². The molecule has 9 nitrogen and oxygen atoms in total. The van der Waals surface area contributed by atoms with E-state index in [0.29, 0.717) is 12.2 Å². The number of rotatable bonds is 12. The summed E-state index contributed by atoms with van der Waals surface area (Å²) in [4.78, 5) is 40.7. The molecule has 0 unspecified atom stereocenters. The first-order valence-corrected chi connectivity index (χ1v) is 14.0. The quantitative estimate of drug-likeness (QED) is 0.451. The molecule has 0 saturated carbocycles. The van der Waals surface area contributed by atoms with Crippen LogP contribution in [0.1, 0.15) is 62.4 Å². The maximum Gasteiger partial charge on any atom is 0.269 e. The summed E-state index contributed by atoms with van der Waals surface area (Å²) in [5.74, 6) is -0.423. The van der Waals surface area contributed by atoms with Gasteiger partial charge in [0, 0.05) is 25.6 Å². The van der Waals surface area contributed by atoms with Crippen molar-refractivity contribution in [3.63, 3.8) is 0 Å². The monoisotopic (exact) mass is 529 g/mol. The number of carbonyl (C=O) groups excluding carboxylic acids is 3. The van der Waals surface area contributed by atoms with Gasteiger partial charge in [-0.05, 0) is 56.0 Å². The molecule has 1 aliphatic rings. The second kappa shape index (κ2) is 12.2. The van der Waals surface area contributed by atoms with Crippen LogP contribution < -0.4 is 10.1 Å². The summed E-state index contributed by atoms with van der Waals surface area (Å²) in [6, 6.07) is 12.6. The third-order valence-electron chi connectivity index (χ3n) is 6.56.